The zero-order chi connectivity index (χ0) is 26.7. The van der Waals surface area contributed by atoms with Crippen molar-refractivity contribution in [1.29, 1.82) is 0 Å². The van der Waals surface area contributed by atoms with Crippen LogP contribution in [0.3, 0.4) is 0 Å². The first-order valence-electron chi connectivity index (χ1n) is 12.1. The highest BCUT2D eigenvalue weighted by Crippen LogP contribution is 2.43. The summed E-state index contributed by atoms with van der Waals surface area (Å²) in [7, 11) is -4.29. The fraction of sp³-hybridized carbons (Fsp3) is 0.538. The van der Waals surface area contributed by atoms with E-state index in [-0.39, 0.29) is 32.8 Å². The van der Waals surface area contributed by atoms with E-state index < -0.39 is 19.9 Å². The number of nitrogens with zero attached hydrogens (tertiary/aromatic N) is 1. The zero-order valence-electron chi connectivity index (χ0n) is 21.5. The Balaban J connectivity index is 2.39. The number of carboxylic acids is 1. The number of ether oxygens (including phenoxy) is 2. The van der Waals surface area contributed by atoms with E-state index in [4.69, 9.17) is 23.6 Å². The zero-order valence-corrected chi connectivity index (χ0v) is 22.3. The summed E-state index contributed by atoms with van der Waals surface area (Å²) < 4.78 is 33.5. The Morgan fingerprint density at radius 3 is 2.50 bits per heavy atom. The van der Waals surface area contributed by atoms with Crippen LogP contribution in [0, 0.1) is 5.92 Å². The van der Waals surface area contributed by atoms with Gasteiger partial charge in [-0.05, 0) is 42.9 Å². The molecule has 0 aromatic heterocycles. The van der Waals surface area contributed by atoms with Gasteiger partial charge in [0, 0.05) is 25.8 Å². The van der Waals surface area contributed by atoms with Crippen LogP contribution in [0.2, 0.25) is 0 Å². The van der Waals surface area contributed by atoms with Crippen molar-refractivity contribution >= 4 is 25.6 Å². The average Bonchev–Trinajstić information content (AvgIpc) is 2.83. The van der Waals surface area contributed by atoms with Gasteiger partial charge in [0.1, 0.15) is 6.10 Å². The van der Waals surface area contributed by atoms with Crippen molar-refractivity contribution in [3.8, 4) is 0 Å². The molecular formula is C26H40NO8P. The number of hydrogen-bond acceptors (Lipinski definition) is 7. The number of phosphoric acid groups is 1. The van der Waals surface area contributed by atoms with Gasteiger partial charge in [-0.2, -0.15) is 0 Å². The number of carboxylic acid groups (broad SMARTS) is 1. The van der Waals surface area contributed by atoms with Crippen molar-refractivity contribution in [3.05, 3.63) is 54.1 Å². The molecule has 0 aliphatic carbocycles. The number of phosphoric ester groups is 1. The van der Waals surface area contributed by atoms with Gasteiger partial charge in [0.05, 0.1) is 26.4 Å². The molecule has 36 heavy (non-hydrogen) atoms. The first-order valence-corrected chi connectivity index (χ1v) is 13.6. The molecule has 0 bridgehead atoms. The summed E-state index contributed by atoms with van der Waals surface area (Å²) in [6.07, 6.45) is 7.86. The van der Waals surface area contributed by atoms with E-state index in [1.807, 2.05) is 63.3 Å². The second kappa shape index (κ2) is 19.0. The van der Waals surface area contributed by atoms with Crippen LogP contribution in [-0.2, 0) is 27.9 Å². The van der Waals surface area contributed by atoms with Crippen LogP contribution in [0.5, 0.6) is 0 Å². The Labute approximate surface area is 214 Å². The smallest absolute Gasteiger partial charge is 0.472 e. The minimum absolute atomic E-state index is 0.0653. The topological polar surface area (TPSA) is 124 Å². The molecule has 0 aliphatic heterocycles. The number of carbonyl (C=O) groups is 1. The molecule has 202 valence electrons. The molecule has 0 amide bonds. The molecule has 1 aromatic carbocycles. The fourth-order valence-corrected chi connectivity index (χ4v) is 3.64. The summed E-state index contributed by atoms with van der Waals surface area (Å²) in [6.45, 7) is 6.89. The minimum atomic E-state index is -4.29. The third kappa shape index (κ3) is 16.5. The summed E-state index contributed by atoms with van der Waals surface area (Å²) in [6, 6.07) is 9.96. The maximum absolute atomic E-state index is 12.2. The van der Waals surface area contributed by atoms with Crippen LogP contribution in [0.25, 0.3) is 5.57 Å². The van der Waals surface area contributed by atoms with E-state index in [1.54, 1.807) is 12.3 Å². The number of aliphatic carboxylic acids is 1. The lowest BCUT2D eigenvalue weighted by molar-refractivity contribution is -0.137. The van der Waals surface area contributed by atoms with Crippen molar-refractivity contribution in [2.24, 2.45) is 10.9 Å². The Kier molecular flexibility index (Phi) is 16.9. The fourth-order valence-electron chi connectivity index (χ4n) is 2.90. The van der Waals surface area contributed by atoms with Crippen LogP contribution in [0.4, 0.5) is 0 Å². The van der Waals surface area contributed by atoms with Crippen LogP contribution < -0.4 is 0 Å². The van der Waals surface area contributed by atoms with Crippen molar-refractivity contribution < 1.29 is 37.9 Å². The maximum Gasteiger partial charge on any atom is 0.472 e. The lowest BCUT2D eigenvalue weighted by atomic mass is 10.1. The van der Waals surface area contributed by atoms with Crippen molar-refractivity contribution in [1.82, 2.24) is 0 Å². The van der Waals surface area contributed by atoms with E-state index in [2.05, 4.69) is 4.99 Å². The quantitative estimate of drug-likeness (QED) is 0.104. The van der Waals surface area contributed by atoms with E-state index in [1.165, 1.54) is 0 Å². The Morgan fingerprint density at radius 2 is 1.83 bits per heavy atom. The van der Waals surface area contributed by atoms with E-state index in [0.717, 1.165) is 11.1 Å². The van der Waals surface area contributed by atoms with E-state index in [0.29, 0.717) is 32.0 Å². The molecule has 0 heterocycles. The maximum atomic E-state index is 12.2. The number of unbranched alkanes of at least 4 members (excludes halogenated alkanes) is 1. The normalized spacial score (nSPS) is 15.1. The summed E-state index contributed by atoms with van der Waals surface area (Å²) in [5.41, 5.74) is 2.16. The predicted octanol–water partition coefficient (Wildman–Crippen LogP) is 5.16. The van der Waals surface area contributed by atoms with Crippen LogP contribution >= 0.6 is 7.82 Å². The van der Waals surface area contributed by atoms with Gasteiger partial charge < -0.3 is 19.5 Å². The molecule has 0 spiro atoms. The minimum Gasteiger partial charge on any atom is -0.481 e. The number of rotatable bonds is 20. The molecule has 2 atom stereocenters. The lowest BCUT2D eigenvalue weighted by Gasteiger charge is -2.20. The third-order valence-electron chi connectivity index (χ3n) is 4.68. The van der Waals surface area contributed by atoms with Gasteiger partial charge in [0.15, 0.2) is 0 Å². The summed E-state index contributed by atoms with van der Waals surface area (Å²) in [5, 5.41) is 8.70. The Morgan fingerprint density at radius 1 is 1.08 bits per heavy atom. The van der Waals surface area contributed by atoms with Crippen LogP contribution in [0.15, 0.2) is 53.6 Å². The number of allylic oxidation sites excluding steroid dienone is 4. The first kappa shape index (κ1) is 31.9. The van der Waals surface area contributed by atoms with Gasteiger partial charge in [0.25, 0.3) is 0 Å². The summed E-state index contributed by atoms with van der Waals surface area (Å²) >= 11 is 0. The Hall–Kier alpha value is -2.13. The molecule has 0 fully saturated rings. The molecule has 0 aliphatic rings. The second-order valence-electron chi connectivity index (χ2n) is 8.40. The van der Waals surface area contributed by atoms with Crippen molar-refractivity contribution in [3.63, 3.8) is 0 Å². The van der Waals surface area contributed by atoms with Crippen LogP contribution in [-0.4, -0.2) is 67.9 Å². The van der Waals surface area contributed by atoms with Gasteiger partial charge >= 0.3 is 13.8 Å². The number of hydrogen-bond donors (Lipinski definition) is 2. The van der Waals surface area contributed by atoms with Gasteiger partial charge in [-0.3, -0.25) is 18.8 Å². The van der Waals surface area contributed by atoms with Crippen molar-refractivity contribution in [2.75, 3.05) is 39.6 Å². The lowest BCUT2D eigenvalue weighted by Crippen LogP contribution is -2.27. The molecule has 0 saturated heterocycles. The highest BCUT2D eigenvalue weighted by Gasteiger charge is 2.23. The standard InChI is InChI=1S/C26H40NO8P/c1-4-23(24-11-6-5-7-12-24)13-10-15-27-16-18-34-36(30,31)35-21-25(20-32-19-22(2)3)33-17-9-8-14-26(28)29/h4-7,10-13,15,22,25H,8-9,14,16-21H2,1-3H3,(H,28,29)(H,30,31)/b13-10-,23-4+,27-15+. The highest BCUT2D eigenvalue weighted by atomic mass is 31.2. The van der Waals surface area contributed by atoms with Gasteiger partial charge in [-0.15, -0.1) is 0 Å². The molecule has 0 radical (unpaired) electrons. The predicted molar refractivity (Wildman–Crippen MR) is 141 cm³/mol. The summed E-state index contributed by atoms with van der Waals surface area (Å²) in [5.74, 6) is -0.531. The molecular weight excluding hydrogens is 485 g/mol. The van der Waals surface area contributed by atoms with E-state index >= 15 is 0 Å². The third-order valence-corrected chi connectivity index (χ3v) is 5.66. The average molecular weight is 526 g/mol. The first-order chi connectivity index (χ1) is 17.2. The van der Waals surface area contributed by atoms with Gasteiger partial charge in [-0.1, -0.05) is 56.3 Å². The van der Waals surface area contributed by atoms with Crippen LogP contribution in [0.1, 0.15) is 45.6 Å². The van der Waals surface area contributed by atoms with Crippen molar-refractivity contribution in [2.45, 2.75) is 46.1 Å². The molecule has 9 nitrogen and oxygen atoms in total. The summed E-state index contributed by atoms with van der Waals surface area (Å²) in [4.78, 5) is 24.7. The second-order valence-corrected chi connectivity index (χ2v) is 9.85. The molecule has 0 saturated carbocycles. The molecule has 1 rings (SSSR count). The van der Waals surface area contributed by atoms with E-state index in [9.17, 15) is 14.3 Å². The molecule has 2 unspecified atom stereocenters. The number of benzene rings is 1. The molecule has 2 N–H and O–H groups in total. The number of aliphatic imine (C=N–C) groups is 1. The SMILES string of the molecule is C\C=C(/C=C\C=N\CCOP(=O)(O)OCC(COCC(C)C)OCCCCC(=O)O)c1ccccc1. The largest absolute Gasteiger partial charge is 0.481 e. The van der Waals surface area contributed by atoms with Gasteiger partial charge in [-0.25, -0.2) is 4.57 Å². The monoisotopic (exact) mass is 525 g/mol. The molecule has 1 aromatic rings. The highest BCUT2D eigenvalue weighted by molar-refractivity contribution is 7.47. The van der Waals surface area contributed by atoms with Gasteiger partial charge in [0.2, 0.25) is 0 Å². The molecule has 10 heteroatoms. The Bertz CT molecular complexity index is 870.